The molecule has 1 saturated heterocycles. The minimum absolute atomic E-state index is 0.0180. The second-order valence-corrected chi connectivity index (χ2v) is 10.9. The van der Waals surface area contributed by atoms with Gasteiger partial charge in [-0.15, -0.1) is 0 Å². The van der Waals surface area contributed by atoms with Crippen molar-refractivity contribution in [3.8, 4) is 6.07 Å². The molecule has 1 heterocycles. The van der Waals surface area contributed by atoms with Crippen molar-refractivity contribution in [3.05, 3.63) is 11.6 Å². The van der Waals surface area contributed by atoms with Crippen LogP contribution in [0.3, 0.4) is 0 Å². The Morgan fingerprint density at radius 2 is 1.93 bits per heavy atom. The van der Waals surface area contributed by atoms with Gasteiger partial charge in [0.15, 0.2) is 0 Å². The average molecular weight is 393 g/mol. The van der Waals surface area contributed by atoms with Crippen LogP contribution in [0.1, 0.15) is 65.2 Å². The molecule has 0 N–H and O–H groups in total. The van der Waals surface area contributed by atoms with Gasteiger partial charge in [-0.1, -0.05) is 25.5 Å². The van der Waals surface area contributed by atoms with E-state index in [0.29, 0.717) is 25.7 Å². The summed E-state index contributed by atoms with van der Waals surface area (Å²) in [6, 6.07) is 2.52. The summed E-state index contributed by atoms with van der Waals surface area (Å²) in [6.45, 7) is 4.40. The molecule has 8 atom stereocenters. The van der Waals surface area contributed by atoms with E-state index in [1.807, 2.05) is 0 Å². The summed E-state index contributed by atoms with van der Waals surface area (Å²) in [6.07, 6.45) is 7.78. The number of allylic oxidation sites excluding steroid dienone is 2. The van der Waals surface area contributed by atoms with Gasteiger partial charge in [0.2, 0.25) is 0 Å². The predicted molar refractivity (Wildman–Crippen MR) is 102 cm³/mol. The van der Waals surface area contributed by atoms with E-state index in [-0.39, 0.29) is 40.7 Å². The lowest BCUT2D eigenvalue weighted by Gasteiger charge is -2.58. The van der Waals surface area contributed by atoms with E-state index in [2.05, 4.69) is 26.0 Å². The third kappa shape index (κ3) is 1.67. The van der Waals surface area contributed by atoms with E-state index in [4.69, 9.17) is 4.74 Å². The third-order valence-electron chi connectivity index (χ3n) is 10.4. The van der Waals surface area contributed by atoms with Gasteiger partial charge in [0.25, 0.3) is 0 Å². The normalized spacial score (nSPS) is 54.7. The van der Waals surface area contributed by atoms with Crippen molar-refractivity contribution in [1.29, 1.82) is 5.26 Å². The number of ether oxygens (including phenoxy) is 1. The maximum Gasteiger partial charge on any atom is 0.306 e. The minimum Gasteiger partial charge on any atom is -0.458 e. The fourth-order valence-electron chi connectivity index (χ4n) is 8.89. The maximum absolute atomic E-state index is 13.5. The van der Waals surface area contributed by atoms with Gasteiger partial charge < -0.3 is 4.74 Å². The largest absolute Gasteiger partial charge is 0.458 e. The van der Waals surface area contributed by atoms with Gasteiger partial charge in [-0.3, -0.25) is 14.4 Å². The zero-order chi connectivity index (χ0) is 20.4. The van der Waals surface area contributed by atoms with Crippen LogP contribution in [0.5, 0.6) is 0 Å². The van der Waals surface area contributed by atoms with Gasteiger partial charge in [0, 0.05) is 29.6 Å². The summed E-state index contributed by atoms with van der Waals surface area (Å²) in [5.41, 5.74) is -0.582. The summed E-state index contributed by atoms with van der Waals surface area (Å²) >= 11 is 0. The number of hydrogen-bond acceptors (Lipinski definition) is 5. The fraction of sp³-hybridized carbons (Fsp3) is 0.750. The SMILES string of the molecule is CC12CC=C3C(C1CC[C@@]21CCC(=O)O1)[C@H]1C[C@]2(C#N)[C@@H](C(=O)CCC32C)C1=O. The van der Waals surface area contributed by atoms with Crippen LogP contribution in [0.15, 0.2) is 11.6 Å². The van der Waals surface area contributed by atoms with E-state index in [1.165, 1.54) is 5.57 Å². The van der Waals surface area contributed by atoms with Crippen LogP contribution in [0.2, 0.25) is 0 Å². The molecule has 152 valence electrons. The number of rotatable bonds is 0. The van der Waals surface area contributed by atoms with E-state index in [9.17, 15) is 19.6 Å². The standard InChI is InChI=1S/C24H27NO4/c1-21-8-5-16(26)19-20(28)13(11-23(19,21)12-25)18-14(21)3-7-22(2)15(18)4-9-24(22)10-6-17(27)29-24/h3,13,15,18-19H,4-11H2,1-2H3/t13-,15?,18?,19+,21?,22?,23+,24-/m1/s1. The van der Waals surface area contributed by atoms with E-state index >= 15 is 0 Å². The van der Waals surface area contributed by atoms with Crippen molar-refractivity contribution in [3.63, 3.8) is 0 Å². The molecule has 0 aromatic heterocycles. The lowest BCUT2D eigenvalue weighted by atomic mass is 9.43. The van der Waals surface area contributed by atoms with Gasteiger partial charge in [-0.25, -0.2) is 0 Å². The zero-order valence-corrected chi connectivity index (χ0v) is 17.1. The van der Waals surface area contributed by atoms with E-state index < -0.39 is 22.3 Å². The van der Waals surface area contributed by atoms with Gasteiger partial charge in [-0.05, 0) is 50.4 Å². The number of hydrogen-bond donors (Lipinski definition) is 0. The number of fused-ring (bicyclic) bond motifs is 7. The first-order chi connectivity index (χ1) is 13.7. The number of ketones is 2. The highest BCUT2D eigenvalue weighted by atomic mass is 16.6. The Hall–Kier alpha value is -1.96. The fourth-order valence-corrected chi connectivity index (χ4v) is 8.89. The summed E-state index contributed by atoms with van der Waals surface area (Å²) in [5, 5.41) is 10.3. The smallest absolute Gasteiger partial charge is 0.306 e. The number of esters is 1. The lowest BCUT2D eigenvalue weighted by molar-refractivity contribution is -0.161. The zero-order valence-electron chi connectivity index (χ0n) is 17.1. The van der Waals surface area contributed by atoms with Gasteiger partial charge in [0.1, 0.15) is 17.2 Å². The molecule has 1 spiro atoms. The Bertz CT molecular complexity index is 960. The molecule has 5 heteroatoms. The highest BCUT2D eigenvalue weighted by Gasteiger charge is 2.76. The molecule has 29 heavy (non-hydrogen) atoms. The van der Waals surface area contributed by atoms with Crippen LogP contribution in [0.25, 0.3) is 0 Å². The lowest BCUT2D eigenvalue weighted by Crippen LogP contribution is -2.56. The Labute approximate surface area is 170 Å². The predicted octanol–water partition coefficient (Wildman–Crippen LogP) is 3.52. The molecule has 2 bridgehead atoms. The maximum atomic E-state index is 13.5. The Morgan fingerprint density at radius 1 is 1.14 bits per heavy atom. The second kappa shape index (κ2) is 5.02. The highest BCUT2D eigenvalue weighted by Crippen LogP contribution is 2.75. The van der Waals surface area contributed by atoms with Crippen LogP contribution < -0.4 is 0 Å². The molecule has 5 nitrogen and oxygen atoms in total. The quantitative estimate of drug-likeness (QED) is 0.357. The van der Waals surface area contributed by atoms with Crippen LogP contribution >= 0.6 is 0 Å². The molecule has 1 aliphatic heterocycles. The molecule has 4 unspecified atom stereocenters. The summed E-state index contributed by atoms with van der Waals surface area (Å²) in [7, 11) is 0. The molecular weight excluding hydrogens is 366 g/mol. The molecule has 6 rings (SSSR count). The second-order valence-electron chi connectivity index (χ2n) is 10.9. The van der Waals surface area contributed by atoms with E-state index in [1.54, 1.807) is 0 Å². The molecule has 5 aliphatic carbocycles. The molecule has 6 aliphatic rings. The van der Waals surface area contributed by atoms with Crippen molar-refractivity contribution >= 4 is 17.5 Å². The molecule has 4 saturated carbocycles. The van der Waals surface area contributed by atoms with E-state index in [0.717, 1.165) is 25.7 Å². The first-order valence-corrected chi connectivity index (χ1v) is 11.1. The van der Waals surface area contributed by atoms with Crippen LogP contribution in [-0.4, -0.2) is 23.1 Å². The Morgan fingerprint density at radius 3 is 2.62 bits per heavy atom. The monoisotopic (exact) mass is 393 g/mol. The minimum atomic E-state index is -0.865. The average Bonchev–Trinajstić information content (AvgIpc) is 3.31. The van der Waals surface area contributed by atoms with Crippen LogP contribution in [-0.2, 0) is 19.1 Å². The number of nitriles is 1. The highest BCUT2D eigenvalue weighted by molar-refractivity contribution is 6.08. The van der Waals surface area contributed by atoms with Gasteiger partial charge in [-0.2, -0.15) is 5.26 Å². The molecule has 0 radical (unpaired) electrons. The van der Waals surface area contributed by atoms with Crippen LogP contribution in [0.4, 0.5) is 0 Å². The molecule has 0 aromatic carbocycles. The number of carbonyl (C=O) groups is 3. The van der Waals surface area contributed by atoms with Gasteiger partial charge >= 0.3 is 5.97 Å². The van der Waals surface area contributed by atoms with Crippen molar-refractivity contribution in [2.75, 3.05) is 0 Å². The van der Waals surface area contributed by atoms with Crippen molar-refractivity contribution in [1.82, 2.24) is 0 Å². The number of Topliss-reactive ketones (excluding diaryl/α,β-unsaturated/α-hetero) is 2. The van der Waals surface area contributed by atoms with Crippen LogP contribution in [0, 0.1) is 51.2 Å². The summed E-state index contributed by atoms with van der Waals surface area (Å²) in [4.78, 5) is 38.4. The van der Waals surface area contributed by atoms with Crippen molar-refractivity contribution in [2.24, 2.45) is 39.9 Å². The third-order valence-corrected chi connectivity index (χ3v) is 10.4. The Balaban J connectivity index is 1.53. The van der Waals surface area contributed by atoms with Crippen molar-refractivity contribution in [2.45, 2.75) is 70.8 Å². The summed E-state index contributed by atoms with van der Waals surface area (Å²) in [5.74, 6) is -0.728. The molecule has 0 amide bonds. The topological polar surface area (TPSA) is 84.2 Å². The first kappa shape index (κ1) is 17.9. The summed E-state index contributed by atoms with van der Waals surface area (Å²) < 4.78 is 5.98. The first-order valence-electron chi connectivity index (χ1n) is 11.1. The molecule has 5 fully saturated rings. The van der Waals surface area contributed by atoms with Crippen molar-refractivity contribution < 1.29 is 19.1 Å². The molecule has 0 aromatic rings. The number of nitrogens with zero attached hydrogens (tertiary/aromatic N) is 1. The molecular formula is C24H27NO4. The van der Waals surface area contributed by atoms with Gasteiger partial charge in [0.05, 0.1) is 17.4 Å². The number of carbonyl (C=O) groups excluding carboxylic acids is 3. The Kier molecular flexibility index (Phi) is 3.09.